The molecule has 0 saturated heterocycles. The highest BCUT2D eigenvalue weighted by molar-refractivity contribution is 5.82. The molecule has 3 nitrogen and oxygen atoms in total. The molecular formula is C13H17NO2. The molecule has 16 heavy (non-hydrogen) atoms. The van der Waals surface area contributed by atoms with Crippen LogP contribution in [0.4, 0.5) is 0 Å². The van der Waals surface area contributed by atoms with Crippen molar-refractivity contribution in [2.24, 2.45) is 5.73 Å². The van der Waals surface area contributed by atoms with Gasteiger partial charge in [0.2, 0.25) is 0 Å². The van der Waals surface area contributed by atoms with Crippen LogP contribution in [0.2, 0.25) is 0 Å². The van der Waals surface area contributed by atoms with Gasteiger partial charge in [0.15, 0.2) is 0 Å². The lowest BCUT2D eigenvalue weighted by molar-refractivity contribution is -0.151. The molecule has 1 saturated carbocycles. The van der Waals surface area contributed by atoms with Crippen LogP contribution in [0.3, 0.4) is 0 Å². The normalized spacial score (nSPS) is 28.3. The average Bonchev–Trinajstić information content (AvgIpc) is 2.25. The van der Waals surface area contributed by atoms with Gasteiger partial charge >= 0.3 is 5.97 Å². The first kappa shape index (κ1) is 11.1. The molecule has 0 aromatic heterocycles. The van der Waals surface area contributed by atoms with Crippen LogP contribution in [-0.4, -0.2) is 18.6 Å². The van der Waals surface area contributed by atoms with Gasteiger partial charge in [0.25, 0.3) is 0 Å². The first-order valence-electron chi connectivity index (χ1n) is 5.49. The van der Waals surface area contributed by atoms with Crippen LogP contribution < -0.4 is 5.73 Å². The number of rotatable bonds is 2. The summed E-state index contributed by atoms with van der Waals surface area (Å²) in [5.41, 5.74) is 7.69. The van der Waals surface area contributed by atoms with Crippen molar-refractivity contribution in [3.8, 4) is 0 Å². The van der Waals surface area contributed by atoms with Crippen molar-refractivity contribution in [3.63, 3.8) is 0 Å². The highest BCUT2D eigenvalue weighted by Crippen LogP contribution is 2.43. The lowest BCUT2D eigenvalue weighted by Crippen LogP contribution is -2.57. The molecule has 2 rings (SSSR count). The van der Waals surface area contributed by atoms with Gasteiger partial charge in [-0.3, -0.25) is 4.79 Å². The second-order valence-electron chi connectivity index (χ2n) is 4.66. The summed E-state index contributed by atoms with van der Waals surface area (Å²) in [4.78, 5) is 11.4. The van der Waals surface area contributed by atoms with E-state index in [9.17, 15) is 4.79 Å². The summed E-state index contributed by atoms with van der Waals surface area (Å²) >= 11 is 0. The minimum Gasteiger partial charge on any atom is -0.468 e. The van der Waals surface area contributed by atoms with Crippen LogP contribution in [0.15, 0.2) is 24.3 Å². The molecule has 0 unspecified atom stereocenters. The van der Waals surface area contributed by atoms with Crippen LogP contribution in [-0.2, 0) is 9.53 Å². The van der Waals surface area contributed by atoms with E-state index >= 15 is 0 Å². The number of methoxy groups -OCH3 is 1. The summed E-state index contributed by atoms with van der Waals surface area (Å²) in [6, 6.07) is 8.39. The lowest BCUT2D eigenvalue weighted by Gasteiger charge is -2.42. The van der Waals surface area contributed by atoms with Gasteiger partial charge in [0.05, 0.1) is 7.11 Å². The molecule has 1 fully saturated rings. The van der Waals surface area contributed by atoms with Crippen LogP contribution >= 0.6 is 0 Å². The molecule has 0 radical (unpaired) electrons. The van der Waals surface area contributed by atoms with Crippen LogP contribution in [0.25, 0.3) is 0 Å². The summed E-state index contributed by atoms with van der Waals surface area (Å²) in [5.74, 6) is 0.0977. The average molecular weight is 219 g/mol. The maximum Gasteiger partial charge on any atom is 0.325 e. The van der Waals surface area contributed by atoms with Crippen molar-refractivity contribution in [1.29, 1.82) is 0 Å². The van der Waals surface area contributed by atoms with E-state index in [1.54, 1.807) is 0 Å². The summed E-state index contributed by atoms with van der Waals surface area (Å²) in [5, 5.41) is 0. The van der Waals surface area contributed by atoms with Gasteiger partial charge in [0, 0.05) is 0 Å². The summed E-state index contributed by atoms with van der Waals surface area (Å²) in [6.07, 6.45) is 1.37. The number of hydrogen-bond donors (Lipinski definition) is 1. The lowest BCUT2D eigenvalue weighted by atomic mass is 9.66. The molecule has 1 aromatic carbocycles. The van der Waals surface area contributed by atoms with E-state index < -0.39 is 5.54 Å². The largest absolute Gasteiger partial charge is 0.468 e. The standard InChI is InChI=1S/C13H17NO2/c1-9-3-5-10(6-4-9)11-7-13(14,8-11)12(15)16-2/h3-6,11H,7-8,14H2,1-2H3. The minimum absolute atomic E-state index is 0.295. The third kappa shape index (κ3) is 1.83. The van der Waals surface area contributed by atoms with Crippen LogP contribution in [0.1, 0.15) is 29.9 Å². The van der Waals surface area contributed by atoms with Gasteiger partial charge in [-0.1, -0.05) is 29.8 Å². The van der Waals surface area contributed by atoms with Crippen LogP contribution in [0.5, 0.6) is 0 Å². The fraction of sp³-hybridized carbons (Fsp3) is 0.462. The van der Waals surface area contributed by atoms with E-state index in [2.05, 4.69) is 31.2 Å². The van der Waals surface area contributed by atoms with Crippen molar-refractivity contribution in [3.05, 3.63) is 35.4 Å². The van der Waals surface area contributed by atoms with Gasteiger partial charge in [0.1, 0.15) is 5.54 Å². The Labute approximate surface area is 95.6 Å². The third-order valence-electron chi connectivity index (χ3n) is 3.36. The molecule has 0 bridgehead atoms. The SMILES string of the molecule is COC(=O)C1(N)CC(c2ccc(C)cc2)C1. The molecule has 0 atom stereocenters. The van der Waals surface area contributed by atoms with Crippen molar-refractivity contribution in [1.82, 2.24) is 0 Å². The van der Waals surface area contributed by atoms with Crippen molar-refractivity contribution in [2.45, 2.75) is 31.2 Å². The number of carbonyl (C=O) groups is 1. The Bertz CT molecular complexity index is 391. The van der Waals surface area contributed by atoms with Crippen molar-refractivity contribution >= 4 is 5.97 Å². The molecule has 2 N–H and O–H groups in total. The first-order valence-corrected chi connectivity index (χ1v) is 5.49. The summed E-state index contributed by atoms with van der Waals surface area (Å²) in [7, 11) is 1.39. The molecule has 0 aliphatic heterocycles. The highest BCUT2D eigenvalue weighted by Gasteiger charge is 2.48. The molecule has 1 aromatic rings. The molecule has 86 valence electrons. The quantitative estimate of drug-likeness (QED) is 0.771. The Morgan fingerprint density at radius 2 is 1.94 bits per heavy atom. The molecule has 0 heterocycles. The maximum absolute atomic E-state index is 11.4. The van der Waals surface area contributed by atoms with Crippen molar-refractivity contribution < 1.29 is 9.53 Å². The van der Waals surface area contributed by atoms with Gasteiger partial charge in [-0.05, 0) is 31.2 Å². The number of hydrogen-bond acceptors (Lipinski definition) is 3. The third-order valence-corrected chi connectivity index (χ3v) is 3.36. The fourth-order valence-electron chi connectivity index (χ4n) is 2.26. The highest BCUT2D eigenvalue weighted by atomic mass is 16.5. The minimum atomic E-state index is -0.760. The Balaban J connectivity index is 2.03. The van der Waals surface area contributed by atoms with E-state index in [0.717, 1.165) is 0 Å². The fourth-order valence-corrected chi connectivity index (χ4v) is 2.26. The van der Waals surface area contributed by atoms with E-state index in [4.69, 9.17) is 10.5 Å². The van der Waals surface area contributed by atoms with Gasteiger partial charge in [-0.15, -0.1) is 0 Å². The maximum atomic E-state index is 11.4. The molecule has 0 spiro atoms. The van der Waals surface area contributed by atoms with E-state index in [1.165, 1.54) is 18.2 Å². The van der Waals surface area contributed by atoms with Crippen molar-refractivity contribution in [2.75, 3.05) is 7.11 Å². The Morgan fingerprint density at radius 3 is 2.44 bits per heavy atom. The van der Waals surface area contributed by atoms with E-state index in [-0.39, 0.29) is 5.97 Å². The number of aryl methyl sites for hydroxylation is 1. The van der Waals surface area contributed by atoms with E-state index in [0.29, 0.717) is 18.8 Å². The number of nitrogens with two attached hydrogens (primary N) is 1. The monoisotopic (exact) mass is 219 g/mol. The summed E-state index contributed by atoms with van der Waals surface area (Å²) < 4.78 is 4.70. The van der Waals surface area contributed by atoms with Gasteiger partial charge < -0.3 is 10.5 Å². The zero-order valence-electron chi connectivity index (χ0n) is 9.69. The molecule has 3 heteroatoms. The first-order chi connectivity index (χ1) is 7.55. The zero-order chi connectivity index (χ0) is 11.8. The zero-order valence-corrected chi connectivity index (χ0v) is 9.69. The molecule has 0 amide bonds. The van der Waals surface area contributed by atoms with Crippen LogP contribution in [0, 0.1) is 6.92 Å². The number of benzene rings is 1. The Kier molecular flexibility index (Phi) is 2.72. The molecule has 1 aliphatic rings. The second kappa shape index (κ2) is 3.91. The number of ether oxygens (including phenoxy) is 1. The predicted octanol–water partition coefficient (Wildman–Crippen LogP) is 1.74. The van der Waals surface area contributed by atoms with Gasteiger partial charge in [-0.2, -0.15) is 0 Å². The summed E-state index contributed by atoms with van der Waals surface area (Å²) in [6.45, 7) is 2.06. The predicted molar refractivity (Wildman–Crippen MR) is 62.1 cm³/mol. The number of esters is 1. The topological polar surface area (TPSA) is 52.3 Å². The Hall–Kier alpha value is -1.35. The molecular weight excluding hydrogens is 202 g/mol. The smallest absolute Gasteiger partial charge is 0.325 e. The van der Waals surface area contributed by atoms with Gasteiger partial charge in [-0.25, -0.2) is 0 Å². The van der Waals surface area contributed by atoms with E-state index in [1.807, 2.05) is 0 Å². The Morgan fingerprint density at radius 1 is 1.38 bits per heavy atom. The number of carbonyl (C=O) groups excluding carboxylic acids is 1. The molecule has 1 aliphatic carbocycles. The second-order valence-corrected chi connectivity index (χ2v) is 4.66.